The first-order valence-corrected chi connectivity index (χ1v) is 9.54. The maximum absolute atomic E-state index is 11.8. The van der Waals surface area contributed by atoms with Crippen LogP contribution in [0.3, 0.4) is 0 Å². The second-order valence-electron chi connectivity index (χ2n) is 6.65. The quantitative estimate of drug-likeness (QED) is 0.362. The van der Waals surface area contributed by atoms with Crippen molar-refractivity contribution in [2.24, 2.45) is 5.10 Å². The van der Waals surface area contributed by atoms with Crippen molar-refractivity contribution in [3.05, 3.63) is 101 Å². The van der Waals surface area contributed by atoms with Crippen molar-refractivity contribution in [1.29, 1.82) is 0 Å². The van der Waals surface area contributed by atoms with Gasteiger partial charge in [-0.1, -0.05) is 54.6 Å². The van der Waals surface area contributed by atoms with Crippen LogP contribution < -0.4 is 15.5 Å². The second-order valence-corrected chi connectivity index (χ2v) is 6.65. The van der Waals surface area contributed by atoms with Gasteiger partial charge in [-0.15, -0.1) is 0 Å². The van der Waals surface area contributed by atoms with E-state index in [4.69, 9.17) is 4.74 Å². The number of carbonyl (C=O) groups is 2. The van der Waals surface area contributed by atoms with Crippen LogP contribution in [0.25, 0.3) is 0 Å². The van der Waals surface area contributed by atoms with Crippen LogP contribution in [0.15, 0.2) is 84.0 Å². The average molecular weight is 401 g/mol. The number of benzene rings is 3. The molecule has 3 rings (SSSR count). The predicted octanol–water partition coefficient (Wildman–Crippen LogP) is 3.34. The lowest BCUT2D eigenvalue weighted by Gasteiger charge is -2.08. The first kappa shape index (κ1) is 20.8. The minimum absolute atomic E-state index is 0.279. The van der Waals surface area contributed by atoms with E-state index < -0.39 is 11.8 Å². The summed E-state index contributed by atoms with van der Waals surface area (Å²) in [6, 6.07) is 24.7. The van der Waals surface area contributed by atoms with Gasteiger partial charge in [0.05, 0.1) is 6.21 Å². The highest BCUT2D eigenvalue weighted by Gasteiger charge is 2.11. The number of nitrogens with zero attached hydrogens (tertiary/aromatic N) is 1. The SMILES string of the molecule is Cc1ccccc1COc1ccc(/C=N/NC(=O)C(=O)NCc2ccccc2)cc1. The van der Waals surface area contributed by atoms with Crippen molar-refractivity contribution in [1.82, 2.24) is 10.7 Å². The summed E-state index contributed by atoms with van der Waals surface area (Å²) >= 11 is 0. The first-order valence-electron chi connectivity index (χ1n) is 9.54. The number of nitrogens with one attached hydrogen (secondary N) is 2. The summed E-state index contributed by atoms with van der Waals surface area (Å²) in [5.74, 6) is -0.823. The van der Waals surface area contributed by atoms with Crippen LogP contribution in [0.1, 0.15) is 22.3 Å². The van der Waals surface area contributed by atoms with Gasteiger partial charge in [-0.05, 0) is 53.4 Å². The molecule has 152 valence electrons. The molecular formula is C24H23N3O3. The summed E-state index contributed by atoms with van der Waals surface area (Å²) in [7, 11) is 0. The molecule has 2 amide bonds. The van der Waals surface area contributed by atoms with Gasteiger partial charge in [0, 0.05) is 6.54 Å². The van der Waals surface area contributed by atoms with Crippen LogP contribution in [-0.2, 0) is 22.7 Å². The molecule has 6 nitrogen and oxygen atoms in total. The Kier molecular flexibility index (Phi) is 7.33. The van der Waals surface area contributed by atoms with E-state index in [0.29, 0.717) is 6.61 Å². The molecule has 0 aliphatic carbocycles. The normalized spacial score (nSPS) is 10.6. The lowest BCUT2D eigenvalue weighted by Crippen LogP contribution is -2.37. The molecule has 0 fully saturated rings. The molecule has 0 heterocycles. The zero-order valence-electron chi connectivity index (χ0n) is 16.7. The molecule has 0 bridgehead atoms. The van der Waals surface area contributed by atoms with Crippen molar-refractivity contribution in [3.63, 3.8) is 0 Å². The number of rotatable bonds is 7. The number of hydrazone groups is 1. The Morgan fingerprint density at radius 2 is 1.60 bits per heavy atom. The fraction of sp³-hybridized carbons (Fsp3) is 0.125. The summed E-state index contributed by atoms with van der Waals surface area (Å²) < 4.78 is 5.80. The van der Waals surface area contributed by atoms with E-state index in [1.165, 1.54) is 11.8 Å². The third kappa shape index (κ3) is 6.31. The highest BCUT2D eigenvalue weighted by atomic mass is 16.5. The number of amides is 2. The fourth-order valence-corrected chi connectivity index (χ4v) is 2.66. The molecule has 3 aromatic rings. The van der Waals surface area contributed by atoms with Gasteiger partial charge in [0.15, 0.2) is 0 Å². The van der Waals surface area contributed by atoms with Gasteiger partial charge >= 0.3 is 11.8 Å². The Morgan fingerprint density at radius 1 is 0.900 bits per heavy atom. The molecule has 0 aliphatic heterocycles. The lowest BCUT2D eigenvalue weighted by molar-refractivity contribution is -0.139. The van der Waals surface area contributed by atoms with E-state index in [-0.39, 0.29) is 6.54 Å². The smallest absolute Gasteiger partial charge is 0.329 e. The molecular weight excluding hydrogens is 378 g/mol. The Morgan fingerprint density at radius 3 is 2.33 bits per heavy atom. The molecule has 0 radical (unpaired) electrons. The summed E-state index contributed by atoms with van der Waals surface area (Å²) in [4.78, 5) is 23.6. The van der Waals surface area contributed by atoms with Gasteiger partial charge in [-0.2, -0.15) is 5.10 Å². The van der Waals surface area contributed by atoms with E-state index in [1.807, 2.05) is 72.8 Å². The van der Waals surface area contributed by atoms with Crippen LogP contribution in [0.5, 0.6) is 5.75 Å². The maximum atomic E-state index is 11.8. The third-order valence-electron chi connectivity index (χ3n) is 4.42. The largest absolute Gasteiger partial charge is 0.489 e. The molecule has 6 heteroatoms. The van der Waals surface area contributed by atoms with E-state index in [0.717, 1.165) is 22.4 Å². The van der Waals surface area contributed by atoms with Crippen LogP contribution in [0, 0.1) is 6.92 Å². The number of carbonyl (C=O) groups excluding carboxylic acids is 2. The standard InChI is InChI=1S/C24H23N3O3/c1-18-7-5-6-10-21(18)17-30-22-13-11-20(12-14-22)16-26-27-24(29)23(28)25-15-19-8-3-2-4-9-19/h2-14,16H,15,17H2,1H3,(H,25,28)(H,27,29)/b26-16+. The third-order valence-corrected chi connectivity index (χ3v) is 4.42. The van der Waals surface area contributed by atoms with Crippen LogP contribution in [-0.4, -0.2) is 18.0 Å². The first-order chi connectivity index (χ1) is 14.6. The van der Waals surface area contributed by atoms with Crippen LogP contribution in [0.4, 0.5) is 0 Å². The molecule has 30 heavy (non-hydrogen) atoms. The topological polar surface area (TPSA) is 79.8 Å². The minimum atomic E-state index is -0.819. The van der Waals surface area contributed by atoms with Crippen molar-refractivity contribution >= 4 is 18.0 Å². The zero-order chi connectivity index (χ0) is 21.2. The van der Waals surface area contributed by atoms with E-state index >= 15 is 0 Å². The zero-order valence-corrected chi connectivity index (χ0v) is 16.7. The number of hydrogen-bond donors (Lipinski definition) is 2. The molecule has 2 N–H and O–H groups in total. The molecule has 0 atom stereocenters. The van der Waals surface area contributed by atoms with Gasteiger partial charge in [0.1, 0.15) is 12.4 Å². The maximum Gasteiger partial charge on any atom is 0.329 e. The van der Waals surface area contributed by atoms with Gasteiger partial charge in [-0.25, -0.2) is 5.43 Å². The van der Waals surface area contributed by atoms with E-state index in [2.05, 4.69) is 28.8 Å². The monoisotopic (exact) mass is 401 g/mol. The fourth-order valence-electron chi connectivity index (χ4n) is 2.66. The molecule has 0 unspecified atom stereocenters. The van der Waals surface area contributed by atoms with Crippen molar-refractivity contribution < 1.29 is 14.3 Å². The van der Waals surface area contributed by atoms with Gasteiger partial charge in [-0.3, -0.25) is 9.59 Å². The molecule has 0 saturated carbocycles. The van der Waals surface area contributed by atoms with E-state index in [9.17, 15) is 9.59 Å². The molecule has 0 aliphatic rings. The lowest BCUT2D eigenvalue weighted by atomic mass is 10.1. The van der Waals surface area contributed by atoms with Crippen molar-refractivity contribution in [2.45, 2.75) is 20.1 Å². The Balaban J connectivity index is 1.43. The summed E-state index contributed by atoms with van der Waals surface area (Å²) in [6.45, 7) is 2.82. The molecule has 0 spiro atoms. The highest BCUT2D eigenvalue weighted by Crippen LogP contribution is 2.15. The highest BCUT2D eigenvalue weighted by molar-refractivity contribution is 6.35. The van der Waals surface area contributed by atoms with Crippen LogP contribution in [0.2, 0.25) is 0 Å². The minimum Gasteiger partial charge on any atom is -0.489 e. The second kappa shape index (κ2) is 10.6. The Labute approximate surface area is 175 Å². The van der Waals surface area contributed by atoms with E-state index in [1.54, 1.807) is 0 Å². The Bertz CT molecular complexity index is 1020. The summed E-state index contributed by atoms with van der Waals surface area (Å²) in [5.41, 5.74) is 6.22. The number of ether oxygens (including phenoxy) is 1. The van der Waals surface area contributed by atoms with Crippen molar-refractivity contribution in [2.75, 3.05) is 0 Å². The molecule has 3 aromatic carbocycles. The van der Waals surface area contributed by atoms with Gasteiger partial charge in [0.2, 0.25) is 0 Å². The van der Waals surface area contributed by atoms with Crippen LogP contribution >= 0.6 is 0 Å². The summed E-state index contributed by atoms with van der Waals surface area (Å²) in [6.07, 6.45) is 1.47. The summed E-state index contributed by atoms with van der Waals surface area (Å²) in [5, 5.41) is 6.37. The average Bonchev–Trinajstić information content (AvgIpc) is 2.78. The van der Waals surface area contributed by atoms with Crippen molar-refractivity contribution in [3.8, 4) is 5.75 Å². The number of hydrogen-bond acceptors (Lipinski definition) is 4. The Hall–Kier alpha value is -3.93. The van der Waals surface area contributed by atoms with Gasteiger partial charge < -0.3 is 10.1 Å². The predicted molar refractivity (Wildman–Crippen MR) is 116 cm³/mol. The molecule has 0 aromatic heterocycles. The molecule has 0 saturated heterocycles. The number of aryl methyl sites for hydroxylation is 1. The van der Waals surface area contributed by atoms with Gasteiger partial charge in [0.25, 0.3) is 0 Å².